The molecule has 0 aliphatic carbocycles. The number of nitrogens with zero attached hydrogens (tertiary/aromatic N) is 2. The molecule has 0 amide bonds. The molecule has 0 aromatic carbocycles. The van der Waals surface area contributed by atoms with E-state index in [9.17, 15) is 0 Å². The van der Waals surface area contributed by atoms with Gasteiger partial charge in [-0.25, -0.2) is 0 Å². The maximum Gasteiger partial charge on any atom is 0.0608 e. The van der Waals surface area contributed by atoms with Gasteiger partial charge in [0, 0.05) is 18.6 Å². The van der Waals surface area contributed by atoms with Gasteiger partial charge in [0.05, 0.1) is 11.7 Å². The predicted molar refractivity (Wildman–Crippen MR) is 73.4 cm³/mol. The molecule has 18 heavy (non-hydrogen) atoms. The second-order valence-electron chi connectivity index (χ2n) is 4.31. The van der Waals surface area contributed by atoms with E-state index in [2.05, 4.69) is 34.3 Å². The fraction of sp³-hybridized carbons (Fsp3) is 0.333. The SMILES string of the molecule is CCc1cccnc1C(Cc1cccnc1)NC. The Labute approximate surface area is 108 Å². The van der Waals surface area contributed by atoms with Crippen LogP contribution in [0.3, 0.4) is 0 Å². The zero-order valence-corrected chi connectivity index (χ0v) is 10.9. The van der Waals surface area contributed by atoms with Crippen molar-refractivity contribution >= 4 is 0 Å². The molecule has 0 spiro atoms. The lowest BCUT2D eigenvalue weighted by Crippen LogP contribution is -2.21. The van der Waals surface area contributed by atoms with Gasteiger partial charge in [-0.2, -0.15) is 0 Å². The molecular weight excluding hydrogens is 222 g/mol. The molecule has 2 aromatic heterocycles. The van der Waals surface area contributed by atoms with Crippen LogP contribution in [-0.4, -0.2) is 17.0 Å². The molecule has 3 nitrogen and oxygen atoms in total. The highest BCUT2D eigenvalue weighted by Gasteiger charge is 2.14. The highest BCUT2D eigenvalue weighted by atomic mass is 14.9. The summed E-state index contributed by atoms with van der Waals surface area (Å²) < 4.78 is 0. The molecule has 1 atom stereocenters. The second kappa shape index (κ2) is 6.26. The first-order valence-corrected chi connectivity index (χ1v) is 6.35. The first-order chi connectivity index (χ1) is 8.85. The van der Waals surface area contributed by atoms with Gasteiger partial charge in [0.1, 0.15) is 0 Å². The topological polar surface area (TPSA) is 37.8 Å². The van der Waals surface area contributed by atoms with Crippen LogP contribution in [0.15, 0.2) is 42.9 Å². The zero-order valence-electron chi connectivity index (χ0n) is 10.9. The number of rotatable bonds is 5. The van der Waals surface area contributed by atoms with E-state index in [1.165, 1.54) is 11.1 Å². The standard InChI is InChI=1S/C15H19N3/c1-3-13-7-5-9-18-15(13)14(16-2)10-12-6-4-8-17-11-12/h4-9,11,14,16H,3,10H2,1-2H3. The van der Waals surface area contributed by atoms with Crippen molar-refractivity contribution in [1.82, 2.24) is 15.3 Å². The van der Waals surface area contributed by atoms with E-state index in [-0.39, 0.29) is 6.04 Å². The third kappa shape index (κ3) is 2.93. The van der Waals surface area contributed by atoms with Crippen LogP contribution in [0, 0.1) is 0 Å². The molecule has 1 unspecified atom stereocenters. The highest BCUT2D eigenvalue weighted by Crippen LogP contribution is 2.19. The van der Waals surface area contributed by atoms with Gasteiger partial charge >= 0.3 is 0 Å². The van der Waals surface area contributed by atoms with Gasteiger partial charge in [0.2, 0.25) is 0 Å². The molecule has 0 aliphatic heterocycles. The molecule has 0 fully saturated rings. The van der Waals surface area contributed by atoms with Gasteiger partial charge in [-0.15, -0.1) is 0 Å². The third-order valence-electron chi connectivity index (χ3n) is 3.15. The first-order valence-electron chi connectivity index (χ1n) is 6.35. The van der Waals surface area contributed by atoms with Crippen LogP contribution in [0.25, 0.3) is 0 Å². The van der Waals surface area contributed by atoms with E-state index in [1.807, 2.05) is 31.6 Å². The number of nitrogens with one attached hydrogen (secondary N) is 1. The lowest BCUT2D eigenvalue weighted by Gasteiger charge is -2.18. The quantitative estimate of drug-likeness (QED) is 0.874. The summed E-state index contributed by atoms with van der Waals surface area (Å²) in [6, 6.07) is 8.47. The van der Waals surface area contributed by atoms with Crippen molar-refractivity contribution < 1.29 is 0 Å². The molecule has 2 rings (SSSR count). The number of hydrogen-bond donors (Lipinski definition) is 1. The molecule has 0 saturated heterocycles. The van der Waals surface area contributed by atoms with E-state index in [0.717, 1.165) is 18.5 Å². The number of aromatic nitrogens is 2. The number of hydrogen-bond acceptors (Lipinski definition) is 3. The van der Waals surface area contributed by atoms with Gasteiger partial charge in [0.25, 0.3) is 0 Å². The normalized spacial score (nSPS) is 12.3. The minimum absolute atomic E-state index is 0.241. The maximum atomic E-state index is 4.53. The van der Waals surface area contributed by atoms with Gasteiger partial charge in [0.15, 0.2) is 0 Å². The Morgan fingerprint density at radius 1 is 1.22 bits per heavy atom. The molecule has 2 heterocycles. The summed E-state index contributed by atoms with van der Waals surface area (Å²) in [4.78, 5) is 8.69. The largest absolute Gasteiger partial charge is 0.311 e. The van der Waals surface area contributed by atoms with E-state index in [0.29, 0.717) is 0 Å². The Hall–Kier alpha value is -1.74. The van der Waals surface area contributed by atoms with Gasteiger partial charge in [-0.3, -0.25) is 9.97 Å². The van der Waals surface area contributed by atoms with Crippen LogP contribution >= 0.6 is 0 Å². The van der Waals surface area contributed by atoms with Crippen LogP contribution in [-0.2, 0) is 12.8 Å². The monoisotopic (exact) mass is 241 g/mol. The second-order valence-corrected chi connectivity index (χ2v) is 4.31. The minimum atomic E-state index is 0.241. The molecule has 3 heteroatoms. The average molecular weight is 241 g/mol. The van der Waals surface area contributed by atoms with Gasteiger partial charge in [-0.05, 0) is 43.1 Å². The highest BCUT2D eigenvalue weighted by molar-refractivity contribution is 5.25. The smallest absolute Gasteiger partial charge is 0.0608 e. The fourth-order valence-corrected chi connectivity index (χ4v) is 2.15. The third-order valence-corrected chi connectivity index (χ3v) is 3.15. The lowest BCUT2D eigenvalue weighted by molar-refractivity contribution is 0.569. The average Bonchev–Trinajstić information content (AvgIpc) is 2.46. The molecule has 0 saturated carbocycles. The minimum Gasteiger partial charge on any atom is -0.311 e. The van der Waals surface area contributed by atoms with Crippen molar-refractivity contribution in [1.29, 1.82) is 0 Å². The molecular formula is C15H19N3. The van der Waals surface area contributed by atoms with E-state index >= 15 is 0 Å². The van der Waals surface area contributed by atoms with E-state index in [4.69, 9.17) is 0 Å². The summed E-state index contributed by atoms with van der Waals surface area (Å²) in [5.74, 6) is 0. The molecule has 1 N–H and O–H groups in total. The van der Waals surface area contributed by atoms with Crippen LogP contribution in [0.1, 0.15) is 29.8 Å². The van der Waals surface area contributed by atoms with Crippen molar-refractivity contribution in [2.75, 3.05) is 7.05 Å². The Balaban J connectivity index is 2.23. The number of pyridine rings is 2. The van der Waals surface area contributed by atoms with Gasteiger partial charge in [-0.1, -0.05) is 19.1 Å². The van der Waals surface area contributed by atoms with Gasteiger partial charge < -0.3 is 5.32 Å². The summed E-state index contributed by atoms with van der Waals surface area (Å²) in [7, 11) is 1.98. The Morgan fingerprint density at radius 2 is 2.06 bits per heavy atom. The van der Waals surface area contributed by atoms with Crippen LogP contribution in [0.5, 0.6) is 0 Å². The first kappa shape index (κ1) is 12.7. The zero-order chi connectivity index (χ0) is 12.8. The number of likely N-dealkylation sites (N-methyl/N-ethyl adjacent to an activating group) is 1. The van der Waals surface area contributed by atoms with Crippen molar-refractivity contribution in [2.24, 2.45) is 0 Å². The number of aryl methyl sites for hydroxylation is 1. The summed E-state index contributed by atoms with van der Waals surface area (Å²) >= 11 is 0. The van der Waals surface area contributed by atoms with Crippen LogP contribution in [0.2, 0.25) is 0 Å². The van der Waals surface area contributed by atoms with E-state index in [1.54, 1.807) is 6.20 Å². The fourth-order valence-electron chi connectivity index (χ4n) is 2.15. The maximum absolute atomic E-state index is 4.53. The van der Waals surface area contributed by atoms with Crippen molar-refractivity contribution in [3.63, 3.8) is 0 Å². The van der Waals surface area contributed by atoms with Crippen molar-refractivity contribution in [2.45, 2.75) is 25.8 Å². The Morgan fingerprint density at radius 3 is 2.72 bits per heavy atom. The summed E-state index contributed by atoms with van der Waals surface area (Å²) in [5.41, 5.74) is 3.68. The van der Waals surface area contributed by atoms with Crippen molar-refractivity contribution in [3.8, 4) is 0 Å². The van der Waals surface area contributed by atoms with E-state index < -0.39 is 0 Å². The molecule has 0 aliphatic rings. The Bertz CT molecular complexity index is 482. The molecule has 2 aromatic rings. The molecule has 0 radical (unpaired) electrons. The van der Waals surface area contributed by atoms with Crippen molar-refractivity contribution in [3.05, 3.63) is 59.7 Å². The lowest BCUT2D eigenvalue weighted by atomic mass is 9.99. The molecule has 94 valence electrons. The predicted octanol–water partition coefficient (Wildman–Crippen LogP) is 2.54. The summed E-state index contributed by atoms with van der Waals surface area (Å²) in [5, 5.41) is 3.35. The Kier molecular flexibility index (Phi) is 4.42. The van der Waals surface area contributed by atoms with Crippen LogP contribution in [0.4, 0.5) is 0 Å². The summed E-state index contributed by atoms with van der Waals surface area (Å²) in [6.45, 7) is 2.16. The summed E-state index contributed by atoms with van der Waals surface area (Å²) in [6.07, 6.45) is 7.50. The molecule has 0 bridgehead atoms. The van der Waals surface area contributed by atoms with Crippen LogP contribution < -0.4 is 5.32 Å².